The second-order valence-corrected chi connectivity index (χ2v) is 6.76. The largest absolute Gasteiger partial charge is 0.465 e. The molecule has 0 atom stereocenters. The number of nitrogens with one attached hydrogen (secondary N) is 1. The Morgan fingerprint density at radius 1 is 1.22 bits per heavy atom. The van der Waals surface area contributed by atoms with E-state index in [-0.39, 0.29) is 16.5 Å². The van der Waals surface area contributed by atoms with Crippen LogP contribution >= 0.6 is 11.6 Å². The third kappa shape index (κ3) is 4.28. The van der Waals surface area contributed by atoms with Crippen molar-refractivity contribution >= 4 is 27.6 Å². The van der Waals surface area contributed by atoms with Crippen LogP contribution in [0.5, 0.6) is 0 Å². The summed E-state index contributed by atoms with van der Waals surface area (Å²) in [5, 5.41) is -0.268. The minimum Gasteiger partial charge on any atom is -0.465 e. The molecular weight excluding hydrogens is 345 g/mol. The zero-order chi connectivity index (χ0) is 17.0. The number of sulfonamides is 1. The van der Waals surface area contributed by atoms with Gasteiger partial charge in [-0.2, -0.15) is 0 Å². The first-order chi connectivity index (χ1) is 10.8. The highest BCUT2D eigenvalue weighted by atomic mass is 35.5. The molecule has 23 heavy (non-hydrogen) atoms. The minimum absolute atomic E-state index is 0.0127. The van der Waals surface area contributed by atoms with Crippen LogP contribution in [0.4, 0.5) is 4.39 Å². The Hall–Kier alpha value is -1.96. The van der Waals surface area contributed by atoms with Crippen LogP contribution in [0.2, 0.25) is 5.02 Å². The van der Waals surface area contributed by atoms with E-state index in [1.807, 2.05) is 0 Å². The third-order valence-electron chi connectivity index (χ3n) is 3.04. The Kier molecular flexibility index (Phi) is 5.35. The number of hydrogen-bond donors (Lipinski definition) is 1. The van der Waals surface area contributed by atoms with Gasteiger partial charge in [-0.05, 0) is 35.9 Å². The Morgan fingerprint density at radius 3 is 2.43 bits per heavy atom. The SMILES string of the molecule is COC(=O)c1ccc(CNS(=O)(=O)c2ccc(F)c(Cl)c2)cc1. The highest BCUT2D eigenvalue weighted by Gasteiger charge is 2.15. The summed E-state index contributed by atoms with van der Waals surface area (Å²) in [6.07, 6.45) is 0. The number of halogens is 2. The van der Waals surface area contributed by atoms with Crippen LogP contribution in [0, 0.1) is 5.82 Å². The van der Waals surface area contributed by atoms with Crippen molar-refractivity contribution < 1.29 is 22.3 Å². The molecule has 0 fully saturated rings. The summed E-state index contributed by atoms with van der Waals surface area (Å²) in [5.41, 5.74) is 1.01. The monoisotopic (exact) mass is 357 g/mol. The molecule has 2 aromatic carbocycles. The first-order valence-electron chi connectivity index (χ1n) is 6.45. The summed E-state index contributed by atoms with van der Waals surface area (Å²) in [4.78, 5) is 11.2. The Balaban J connectivity index is 2.09. The number of methoxy groups -OCH3 is 1. The summed E-state index contributed by atoms with van der Waals surface area (Å²) >= 11 is 5.59. The molecule has 0 saturated heterocycles. The first-order valence-corrected chi connectivity index (χ1v) is 8.31. The lowest BCUT2D eigenvalue weighted by atomic mass is 10.1. The number of ether oxygens (including phenoxy) is 1. The van der Waals surface area contributed by atoms with Crippen LogP contribution in [-0.2, 0) is 21.3 Å². The van der Waals surface area contributed by atoms with Crippen molar-refractivity contribution in [1.29, 1.82) is 0 Å². The van der Waals surface area contributed by atoms with Crippen molar-refractivity contribution in [3.8, 4) is 0 Å². The molecule has 122 valence electrons. The number of carbonyl (C=O) groups excluding carboxylic acids is 1. The van der Waals surface area contributed by atoms with Crippen molar-refractivity contribution in [2.75, 3.05) is 7.11 Å². The van der Waals surface area contributed by atoms with Crippen molar-refractivity contribution in [1.82, 2.24) is 4.72 Å². The molecule has 5 nitrogen and oxygen atoms in total. The van der Waals surface area contributed by atoms with Gasteiger partial charge in [-0.1, -0.05) is 23.7 Å². The normalized spacial score (nSPS) is 11.3. The fourth-order valence-corrected chi connectivity index (χ4v) is 3.07. The van der Waals surface area contributed by atoms with Gasteiger partial charge in [0.25, 0.3) is 0 Å². The number of rotatable bonds is 5. The van der Waals surface area contributed by atoms with Crippen LogP contribution in [0.1, 0.15) is 15.9 Å². The van der Waals surface area contributed by atoms with Gasteiger partial charge in [0.1, 0.15) is 5.82 Å². The lowest BCUT2D eigenvalue weighted by Crippen LogP contribution is -2.23. The number of hydrogen-bond acceptors (Lipinski definition) is 4. The van der Waals surface area contributed by atoms with E-state index >= 15 is 0 Å². The second-order valence-electron chi connectivity index (χ2n) is 4.59. The molecule has 0 aromatic heterocycles. The topological polar surface area (TPSA) is 72.5 Å². The molecule has 2 aromatic rings. The van der Waals surface area contributed by atoms with Crippen LogP contribution in [-0.4, -0.2) is 21.5 Å². The predicted octanol–water partition coefficient (Wildman–Crippen LogP) is 2.74. The Bertz CT molecular complexity index is 822. The van der Waals surface area contributed by atoms with Crippen molar-refractivity contribution in [3.05, 3.63) is 64.4 Å². The van der Waals surface area contributed by atoms with Gasteiger partial charge >= 0.3 is 5.97 Å². The van der Waals surface area contributed by atoms with Gasteiger partial charge in [0.2, 0.25) is 10.0 Å². The zero-order valence-corrected chi connectivity index (χ0v) is 13.6. The van der Waals surface area contributed by atoms with Gasteiger partial charge in [0.05, 0.1) is 22.6 Å². The lowest BCUT2D eigenvalue weighted by molar-refractivity contribution is 0.0600. The molecule has 8 heteroatoms. The van der Waals surface area contributed by atoms with Gasteiger partial charge < -0.3 is 4.74 Å². The van der Waals surface area contributed by atoms with E-state index in [1.54, 1.807) is 12.1 Å². The van der Waals surface area contributed by atoms with Gasteiger partial charge in [0.15, 0.2) is 0 Å². The molecule has 0 heterocycles. The average Bonchev–Trinajstić information content (AvgIpc) is 2.55. The smallest absolute Gasteiger partial charge is 0.337 e. The quantitative estimate of drug-likeness (QED) is 0.835. The summed E-state index contributed by atoms with van der Waals surface area (Å²) in [6, 6.07) is 9.43. The molecule has 0 saturated carbocycles. The highest BCUT2D eigenvalue weighted by molar-refractivity contribution is 7.89. The molecule has 0 aliphatic rings. The lowest BCUT2D eigenvalue weighted by Gasteiger charge is -2.08. The molecule has 0 spiro atoms. The molecular formula is C15H13ClFNO4S. The van der Waals surface area contributed by atoms with Crippen LogP contribution in [0.3, 0.4) is 0 Å². The van der Waals surface area contributed by atoms with Gasteiger partial charge in [-0.25, -0.2) is 22.3 Å². The van der Waals surface area contributed by atoms with Crippen LogP contribution in [0.25, 0.3) is 0 Å². The van der Waals surface area contributed by atoms with Crippen molar-refractivity contribution in [2.45, 2.75) is 11.4 Å². The third-order valence-corrected chi connectivity index (χ3v) is 4.73. The summed E-state index contributed by atoms with van der Waals surface area (Å²) in [5.74, 6) is -1.16. The molecule has 1 N–H and O–H groups in total. The van der Waals surface area contributed by atoms with E-state index in [1.165, 1.54) is 19.2 Å². The highest BCUT2D eigenvalue weighted by Crippen LogP contribution is 2.19. The van der Waals surface area contributed by atoms with E-state index in [0.29, 0.717) is 11.1 Å². The molecule has 0 aliphatic carbocycles. The molecule has 2 rings (SSSR count). The van der Waals surface area contributed by atoms with Crippen LogP contribution in [0.15, 0.2) is 47.4 Å². The fourth-order valence-electron chi connectivity index (χ4n) is 1.78. The molecule has 0 aliphatic heterocycles. The predicted molar refractivity (Wildman–Crippen MR) is 83.2 cm³/mol. The Labute approximate surface area is 138 Å². The molecule has 0 amide bonds. The van der Waals surface area contributed by atoms with Gasteiger partial charge in [0, 0.05) is 6.54 Å². The average molecular weight is 358 g/mol. The first kappa shape index (κ1) is 17.4. The van der Waals surface area contributed by atoms with Crippen LogP contribution < -0.4 is 4.72 Å². The maximum atomic E-state index is 13.1. The van der Waals surface area contributed by atoms with E-state index in [0.717, 1.165) is 18.2 Å². The molecule has 0 radical (unpaired) electrons. The maximum absolute atomic E-state index is 13.1. The van der Waals surface area contributed by atoms with Crippen molar-refractivity contribution in [2.24, 2.45) is 0 Å². The molecule has 0 unspecified atom stereocenters. The summed E-state index contributed by atoms with van der Waals surface area (Å²) in [6.45, 7) is 0.0127. The number of carbonyl (C=O) groups is 1. The molecule has 0 bridgehead atoms. The number of benzene rings is 2. The standard InChI is InChI=1S/C15H13ClFNO4S/c1-22-15(19)11-4-2-10(3-5-11)9-18-23(20,21)12-6-7-14(17)13(16)8-12/h2-8,18H,9H2,1H3. The zero-order valence-electron chi connectivity index (χ0n) is 12.0. The summed E-state index contributed by atoms with van der Waals surface area (Å²) < 4.78 is 44.3. The van der Waals surface area contributed by atoms with Gasteiger partial charge in [-0.3, -0.25) is 0 Å². The van der Waals surface area contributed by atoms with E-state index < -0.39 is 21.8 Å². The minimum atomic E-state index is -3.82. The number of esters is 1. The van der Waals surface area contributed by atoms with Crippen molar-refractivity contribution in [3.63, 3.8) is 0 Å². The Morgan fingerprint density at radius 2 is 1.87 bits per heavy atom. The fraction of sp³-hybridized carbons (Fsp3) is 0.133. The maximum Gasteiger partial charge on any atom is 0.337 e. The second kappa shape index (κ2) is 7.08. The van der Waals surface area contributed by atoms with Gasteiger partial charge in [-0.15, -0.1) is 0 Å². The van der Waals surface area contributed by atoms with E-state index in [9.17, 15) is 17.6 Å². The summed E-state index contributed by atoms with van der Waals surface area (Å²) in [7, 11) is -2.55. The van der Waals surface area contributed by atoms with E-state index in [4.69, 9.17) is 11.6 Å². The van der Waals surface area contributed by atoms with E-state index in [2.05, 4.69) is 9.46 Å².